The molecule has 1 amide bonds. The molecule has 6 nitrogen and oxygen atoms in total. The first-order valence-corrected chi connectivity index (χ1v) is 10.2. The maximum atomic E-state index is 12.8. The molecule has 0 radical (unpaired) electrons. The van der Waals surface area contributed by atoms with Crippen molar-refractivity contribution >= 4 is 5.91 Å². The zero-order valence-corrected chi connectivity index (χ0v) is 17.4. The monoisotopic (exact) mass is 395 g/mol. The van der Waals surface area contributed by atoms with E-state index in [-0.39, 0.29) is 18.7 Å². The Morgan fingerprint density at radius 3 is 2.52 bits per heavy atom. The summed E-state index contributed by atoms with van der Waals surface area (Å²) in [6.45, 7) is 8.88. The summed E-state index contributed by atoms with van der Waals surface area (Å²) in [4.78, 5) is 17.6. The van der Waals surface area contributed by atoms with Crippen LogP contribution in [-0.4, -0.2) is 62.3 Å². The first-order valence-electron chi connectivity index (χ1n) is 10.2. The Balaban J connectivity index is 1.52. The molecule has 0 aromatic heterocycles. The summed E-state index contributed by atoms with van der Waals surface area (Å²) < 4.78 is 11.0. The number of hydrogen-bond donors (Lipinski definition) is 1. The van der Waals surface area contributed by atoms with Crippen molar-refractivity contribution in [2.24, 2.45) is 0 Å². The van der Waals surface area contributed by atoms with Crippen molar-refractivity contribution in [2.75, 3.05) is 46.6 Å². The van der Waals surface area contributed by atoms with E-state index >= 15 is 0 Å². The summed E-state index contributed by atoms with van der Waals surface area (Å²) in [5.74, 6) is 1.53. The zero-order chi connectivity index (χ0) is 20.4. The fraction of sp³-hybridized carbons (Fsp3) is 0.435. The largest absolute Gasteiger partial charge is 0.454 e. The van der Waals surface area contributed by atoms with Gasteiger partial charge >= 0.3 is 0 Å². The van der Waals surface area contributed by atoms with Crippen LogP contribution < -0.4 is 14.8 Å². The van der Waals surface area contributed by atoms with Gasteiger partial charge < -0.3 is 19.7 Å². The lowest BCUT2D eigenvalue weighted by Gasteiger charge is -2.38. The lowest BCUT2D eigenvalue weighted by atomic mass is 10.0. The van der Waals surface area contributed by atoms with Gasteiger partial charge in [-0.15, -0.1) is 0 Å². The smallest absolute Gasteiger partial charge is 0.251 e. The predicted molar refractivity (Wildman–Crippen MR) is 113 cm³/mol. The van der Waals surface area contributed by atoms with E-state index in [1.54, 1.807) is 0 Å². The highest BCUT2D eigenvalue weighted by atomic mass is 16.7. The van der Waals surface area contributed by atoms with Crippen LogP contribution in [0.3, 0.4) is 0 Å². The van der Waals surface area contributed by atoms with Crippen LogP contribution in [0, 0.1) is 13.8 Å². The fourth-order valence-corrected chi connectivity index (χ4v) is 3.89. The van der Waals surface area contributed by atoms with Gasteiger partial charge in [-0.25, -0.2) is 0 Å². The minimum Gasteiger partial charge on any atom is -0.454 e. The van der Waals surface area contributed by atoms with Crippen molar-refractivity contribution in [2.45, 2.75) is 19.9 Å². The first-order chi connectivity index (χ1) is 14.0. The number of hydrogen-bond acceptors (Lipinski definition) is 5. The Hall–Kier alpha value is -2.57. The number of ether oxygens (including phenoxy) is 2. The molecule has 0 bridgehead atoms. The number of nitrogens with one attached hydrogen (secondary N) is 1. The lowest BCUT2D eigenvalue weighted by Crippen LogP contribution is -2.48. The molecule has 2 aromatic carbocycles. The molecule has 0 spiro atoms. The summed E-state index contributed by atoms with van der Waals surface area (Å²) in [7, 11) is 2.15. The third-order valence-electron chi connectivity index (χ3n) is 5.99. The van der Waals surface area contributed by atoms with Crippen LogP contribution in [0.15, 0.2) is 36.4 Å². The number of fused-ring (bicyclic) bond motifs is 1. The number of aryl methyl sites for hydroxylation is 2. The second kappa shape index (κ2) is 8.43. The van der Waals surface area contributed by atoms with Gasteiger partial charge in [-0.2, -0.15) is 0 Å². The van der Waals surface area contributed by atoms with Gasteiger partial charge in [-0.3, -0.25) is 9.69 Å². The van der Waals surface area contributed by atoms with Crippen LogP contribution >= 0.6 is 0 Å². The lowest BCUT2D eigenvalue weighted by molar-refractivity contribution is 0.0886. The van der Waals surface area contributed by atoms with Crippen LogP contribution in [0.2, 0.25) is 0 Å². The van der Waals surface area contributed by atoms with Crippen molar-refractivity contribution in [1.29, 1.82) is 0 Å². The van der Waals surface area contributed by atoms with E-state index in [2.05, 4.69) is 35.2 Å². The number of amides is 1. The topological polar surface area (TPSA) is 54.0 Å². The number of rotatable bonds is 5. The van der Waals surface area contributed by atoms with Gasteiger partial charge in [-0.1, -0.05) is 12.1 Å². The zero-order valence-electron chi connectivity index (χ0n) is 17.4. The van der Waals surface area contributed by atoms with E-state index in [1.165, 1.54) is 5.56 Å². The Kier molecular flexibility index (Phi) is 5.74. The molecule has 2 heterocycles. The summed E-state index contributed by atoms with van der Waals surface area (Å²) in [5.41, 5.74) is 4.16. The SMILES string of the molecule is Cc1ccc(C(=O)NC[C@@H](c2ccc3c(c2)OCO3)N2CCN(C)CC2)cc1C. The molecule has 1 saturated heterocycles. The average molecular weight is 396 g/mol. The van der Waals surface area contributed by atoms with Crippen molar-refractivity contribution in [1.82, 2.24) is 15.1 Å². The van der Waals surface area contributed by atoms with Gasteiger partial charge in [0, 0.05) is 38.3 Å². The molecule has 0 saturated carbocycles. The van der Waals surface area contributed by atoms with E-state index in [0.29, 0.717) is 12.1 Å². The normalized spacial score (nSPS) is 17.9. The van der Waals surface area contributed by atoms with E-state index in [9.17, 15) is 4.79 Å². The average Bonchev–Trinajstić information content (AvgIpc) is 3.19. The molecule has 1 fully saturated rings. The molecule has 0 aliphatic carbocycles. The number of carbonyl (C=O) groups excluding carboxylic acids is 1. The third kappa shape index (κ3) is 4.38. The second-order valence-corrected chi connectivity index (χ2v) is 7.98. The molecule has 1 N–H and O–H groups in total. The summed E-state index contributed by atoms with van der Waals surface area (Å²) in [5, 5.41) is 3.15. The Morgan fingerprint density at radius 1 is 1.00 bits per heavy atom. The molecular weight excluding hydrogens is 366 g/mol. The quantitative estimate of drug-likeness (QED) is 0.844. The summed E-state index contributed by atoms with van der Waals surface area (Å²) in [6, 6.07) is 12.0. The molecule has 6 heteroatoms. The van der Waals surface area contributed by atoms with Gasteiger partial charge in [0.05, 0.1) is 6.04 Å². The van der Waals surface area contributed by atoms with Crippen LogP contribution in [-0.2, 0) is 0 Å². The Bertz CT molecular complexity index is 891. The Labute approximate surface area is 172 Å². The number of carbonyl (C=O) groups is 1. The fourth-order valence-electron chi connectivity index (χ4n) is 3.89. The summed E-state index contributed by atoms with van der Waals surface area (Å²) >= 11 is 0. The standard InChI is InChI=1S/C23H29N3O3/c1-16-4-5-19(12-17(16)2)23(27)24-14-20(26-10-8-25(3)9-11-26)18-6-7-21-22(13-18)29-15-28-21/h4-7,12-13,20H,8-11,14-15H2,1-3H3,(H,24,27)/t20-/m0/s1. The summed E-state index contributed by atoms with van der Waals surface area (Å²) in [6.07, 6.45) is 0. The Morgan fingerprint density at radius 2 is 1.76 bits per heavy atom. The van der Waals surface area contributed by atoms with Crippen LogP contribution in [0.4, 0.5) is 0 Å². The molecule has 2 aromatic rings. The van der Waals surface area contributed by atoms with E-state index in [4.69, 9.17) is 9.47 Å². The predicted octanol–water partition coefficient (Wildman–Crippen LogP) is 2.75. The minimum atomic E-state index is -0.0343. The third-order valence-corrected chi connectivity index (χ3v) is 5.99. The molecule has 0 unspecified atom stereocenters. The van der Waals surface area contributed by atoms with Gasteiger partial charge in [0.1, 0.15) is 0 Å². The molecule has 2 aliphatic heterocycles. The maximum Gasteiger partial charge on any atom is 0.251 e. The number of likely N-dealkylation sites (N-methyl/N-ethyl adjacent to an activating group) is 1. The molecule has 1 atom stereocenters. The molecule has 29 heavy (non-hydrogen) atoms. The molecule has 2 aliphatic rings. The van der Waals surface area contributed by atoms with E-state index < -0.39 is 0 Å². The van der Waals surface area contributed by atoms with Crippen LogP contribution in [0.5, 0.6) is 11.5 Å². The number of piperazine rings is 1. The van der Waals surface area contributed by atoms with Gasteiger partial charge in [0.25, 0.3) is 5.91 Å². The molecule has 4 rings (SSSR count). The van der Waals surface area contributed by atoms with Crippen LogP contribution in [0.25, 0.3) is 0 Å². The highest BCUT2D eigenvalue weighted by Crippen LogP contribution is 2.35. The highest BCUT2D eigenvalue weighted by Gasteiger charge is 2.26. The van der Waals surface area contributed by atoms with Crippen molar-refractivity contribution in [3.8, 4) is 11.5 Å². The number of benzene rings is 2. The van der Waals surface area contributed by atoms with Crippen LogP contribution in [0.1, 0.15) is 33.1 Å². The van der Waals surface area contributed by atoms with E-state index in [1.807, 2.05) is 37.3 Å². The van der Waals surface area contributed by atoms with Gasteiger partial charge in [0.2, 0.25) is 6.79 Å². The minimum absolute atomic E-state index is 0.0343. The van der Waals surface area contributed by atoms with Crippen molar-refractivity contribution in [3.63, 3.8) is 0 Å². The highest BCUT2D eigenvalue weighted by molar-refractivity contribution is 5.94. The molecule has 154 valence electrons. The van der Waals surface area contributed by atoms with Gasteiger partial charge in [-0.05, 0) is 61.9 Å². The number of nitrogens with zero attached hydrogens (tertiary/aromatic N) is 2. The second-order valence-electron chi connectivity index (χ2n) is 7.98. The molecular formula is C23H29N3O3. The maximum absolute atomic E-state index is 12.8. The van der Waals surface area contributed by atoms with E-state index in [0.717, 1.165) is 48.8 Å². The van der Waals surface area contributed by atoms with Crippen molar-refractivity contribution in [3.05, 3.63) is 58.7 Å². The van der Waals surface area contributed by atoms with Gasteiger partial charge in [0.15, 0.2) is 11.5 Å². The first kappa shape index (κ1) is 19.7. The van der Waals surface area contributed by atoms with Crippen molar-refractivity contribution < 1.29 is 14.3 Å².